The molecule has 26 heavy (non-hydrogen) atoms. The van der Waals surface area contributed by atoms with Crippen LogP contribution in [0.15, 0.2) is 39.9 Å². The topological polar surface area (TPSA) is 98.5 Å². The van der Waals surface area contributed by atoms with Gasteiger partial charge < -0.3 is 15.8 Å². The molecule has 2 amide bonds. The van der Waals surface area contributed by atoms with Crippen LogP contribution in [0.1, 0.15) is 38.3 Å². The molecule has 0 radical (unpaired) electrons. The molecule has 1 aromatic carbocycles. The zero-order valence-corrected chi connectivity index (χ0v) is 16.7. The number of urea groups is 1. The molecule has 2 aromatic rings. The van der Waals surface area contributed by atoms with E-state index in [0.717, 1.165) is 17.5 Å². The van der Waals surface area contributed by atoms with Crippen molar-refractivity contribution >= 4 is 27.2 Å². The minimum absolute atomic E-state index is 0.0560. The number of carbonyl (C=O) groups excluding carboxylic acids is 1. The molecule has 0 aliphatic carbocycles. The lowest BCUT2D eigenvalue weighted by Crippen LogP contribution is -2.34. The van der Waals surface area contributed by atoms with Crippen LogP contribution in [-0.4, -0.2) is 26.9 Å². The molecule has 2 rings (SSSR count). The van der Waals surface area contributed by atoms with E-state index in [1.807, 2.05) is 43.7 Å². The van der Waals surface area contributed by atoms with Gasteiger partial charge in [0.1, 0.15) is 16.5 Å². The minimum atomic E-state index is -3.80. The lowest BCUT2D eigenvalue weighted by atomic mass is 9.79. The molecule has 1 aromatic heterocycles. The van der Waals surface area contributed by atoms with Crippen molar-refractivity contribution in [3.63, 3.8) is 0 Å². The molecule has 6 nitrogen and oxygen atoms in total. The second kappa shape index (κ2) is 8.09. The predicted octanol–water partition coefficient (Wildman–Crippen LogP) is 3.26. The van der Waals surface area contributed by atoms with Crippen LogP contribution < -0.4 is 15.8 Å². The molecule has 0 bridgehead atoms. The first-order chi connectivity index (χ1) is 12.2. The number of ether oxygens (including phenoxy) is 1. The lowest BCUT2D eigenvalue weighted by molar-refractivity contribution is 0.250. The summed E-state index contributed by atoms with van der Waals surface area (Å²) in [6.45, 7) is 6.42. The number of rotatable bonds is 8. The average molecular weight is 397 g/mol. The molecule has 0 fully saturated rings. The number of carbonyl (C=O) groups is 1. The van der Waals surface area contributed by atoms with E-state index in [1.54, 1.807) is 23.5 Å². The monoisotopic (exact) mass is 396 g/mol. The molecule has 3 N–H and O–H groups in total. The molecule has 0 atom stereocenters. The summed E-state index contributed by atoms with van der Waals surface area (Å²) in [7, 11) is -3.80. The summed E-state index contributed by atoms with van der Waals surface area (Å²) in [5.41, 5.74) is 6.59. The Hall–Kier alpha value is -2.06. The minimum Gasteiger partial charge on any atom is -0.492 e. The quantitative estimate of drug-likeness (QED) is 0.715. The second-order valence-corrected chi connectivity index (χ2v) is 9.19. The summed E-state index contributed by atoms with van der Waals surface area (Å²) in [6, 6.07) is 6.31. The zero-order chi connectivity index (χ0) is 19.4. The molecular formula is C18H24N2O4S2. The molecule has 0 aliphatic heterocycles. The van der Waals surface area contributed by atoms with Crippen LogP contribution in [0.3, 0.4) is 0 Å². The molecular weight excluding hydrogens is 372 g/mol. The Kier molecular flexibility index (Phi) is 6.30. The van der Waals surface area contributed by atoms with E-state index in [2.05, 4.69) is 5.32 Å². The van der Waals surface area contributed by atoms with Gasteiger partial charge in [0.15, 0.2) is 9.84 Å². The SMILES string of the molecule is CCCOc1ccc(C(C)(C)c2ccsc2)cc1S(=O)(=O)CNC(N)=O. The van der Waals surface area contributed by atoms with Crippen LogP contribution in [0.25, 0.3) is 0 Å². The van der Waals surface area contributed by atoms with Gasteiger partial charge in [-0.15, -0.1) is 0 Å². The Morgan fingerprint density at radius 1 is 1.27 bits per heavy atom. The number of hydrogen-bond acceptors (Lipinski definition) is 5. The molecule has 1 heterocycles. The van der Waals surface area contributed by atoms with Crippen molar-refractivity contribution in [1.82, 2.24) is 5.32 Å². The van der Waals surface area contributed by atoms with E-state index >= 15 is 0 Å². The maximum Gasteiger partial charge on any atom is 0.313 e. The summed E-state index contributed by atoms with van der Waals surface area (Å²) in [6.07, 6.45) is 0.751. The molecule has 142 valence electrons. The summed E-state index contributed by atoms with van der Waals surface area (Å²) in [5, 5.41) is 6.19. The number of thiophene rings is 1. The average Bonchev–Trinajstić information content (AvgIpc) is 3.13. The molecule has 0 spiro atoms. The maximum absolute atomic E-state index is 12.7. The molecule has 0 unspecified atom stereocenters. The molecule has 8 heteroatoms. The third-order valence-electron chi connectivity index (χ3n) is 4.14. The predicted molar refractivity (Wildman–Crippen MR) is 103 cm³/mol. The van der Waals surface area contributed by atoms with E-state index in [0.29, 0.717) is 6.61 Å². The van der Waals surface area contributed by atoms with Gasteiger partial charge in [-0.3, -0.25) is 0 Å². The van der Waals surface area contributed by atoms with Crippen LogP contribution in [-0.2, 0) is 15.3 Å². The highest BCUT2D eigenvalue weighted by Crippen LogP contribution is 2.36. The van der Waals surface area contributed by atoms with E-state index < -0.39 is 21.7 Å². The van der Waals surface area contributed by atoms with Crippen LogP contribution in [0, 0.1) is 0 Å². The molecule has 0 aliphatic rings. The van der Waals surface area contributed by atoms with Crippen molar-refractivity contribution in [2.24, 2.45) is 5.73 Å². The Morgan fingerprint density at radius 3 is 2.58 bits per heavy atom. The van der Waals surface area contributed by atoms with Crippen molar-refractivity contribution in [3.8, 4) is 5.75 Å². The number of sulfone groups is 1. The summed E-state index contributed by atoms with van der Waals surface area (Å²) < 4.78 is 31.1. The van der Waals surface area contributed by atoms with Crippen molar-refractivity contribution in [1.29, 1.82) is 0 Å². The normalized spacial score (nSPS) is 12.0. The smallest absolute Gasteiger partial charge is 0.313 e. The van der Waals surface area contributed by atoms with Crippen molar-refractivity contribution in [2.45, 2.75) is 37.5 Å². The van der Waals surface area contributed by atoms with Gasteiger partial charge in [-0.2, -0.15) is 11.3 Å². The highest BCUT2D eigenvalue weighted by atomic mass is 32.2. The third kappa shape index (κ3) is 4.56. The van der Waals surface area contributed by atoms with Gasteiger partial charge >= 0.3 is 6.03 Å². The van der Waals surface area contributed by atoms with Crippen molar-refractivity contribution < 1.29 is 17.9 Å². The first kappa shape index (κ1) is 20.3. The largest absolute Gasteiger partial charge is 0.492 e. The van der Waals surface area contributed by atoms with E-state index in [-0.39, 0.29) is 16.1 Å². The highest BCUT2D eigenvalue weighted by Gasteiger charge is 2.28. The van der Waals surface area contributed by atoms with Gasteiger partial charge in [0.25, 0.3) is 0 Å². The fraction of sp³-hybridized carbons (Fsp3) is 0.389. The van der Waals surface area contributed by atoms with E-state index in [9.17, 15) is 13.2 Å². The number of amides is 2. The Bertz CT molecular complexity index is 859. The summed E-state index contributed by atoms with van der Waals surface area (Å²) in [5.74, 6) is -0.296. The Morgan fingerprint density at radius 2 is 2.00 bits per heavy atom. The number of primary amides is 1. The molecule has 0 saturated carbocycles. The van der Waals surface area contributed by atoms with E-state index in [1.165, 1.54) is 0 Å². The van der Waals surface area contributed by atoms with E-state index in [4.69, 9.17) is 10.5 Å². The van der Waals surface area contributed by atoms with Gasteiger partial charge in [-0.25, -0.2) is 13.2 Å². The van der Waals surface area contributed by atoms with Gasteiger partial charge in [-0.05, 0) is 46.5 Å². The third-order valence-corrected chi connectivity index (χ3v) is 6.34. The first-order valence-electron chi connectivity index (χ1n) is 8.24. The number of nitrogens with two attached hydrogens (primary N) is 1. The zero-order valence-electron chi connectivity index (χ0n) is 15.1. The summed E-state index contributed by atoms with van der Waals surface area (Å²) in [4.78, 5) is 11.0. The Labute approximate surface area is 158 Å². The van der Waals surface area contributed by atoms with Gasteiger partial charge in [0.05, 0.1) is 6.61 Å². The van der Waals surface area contributed by atoms with Crippen LogP contribution in [0.5, 0.6) is 5.75 Å². The van der Waals surface area contributed by atoms with Gasteiger partial charge in [0.2, 0.25) is 0 Å². The van der Waals surface area contributed by atoms with Crippen molar-refractivity contribution in [3.05, 3.63) is 46.2 Å². The number of hydrogen-bond donors (Lipinski definition) is 2. The standard InChI is InChI=1S/C18H24N2O4S2/c1-4-8-24-15-6-5-13(18(2,3)14-7-9-25-11-14)10-16(15)26(22,23)12-20-17(19)21/h5-7,9-11H,4,8,12H2,1-3H3,(H3,19,20,21). The maximum atomic E-state index is 12.7. The lowest BCUT2D eigenvalue weighted by Gasteiger charge is -2.26. The first-order valence-corrected chi connectivity index (χ1v) is 10.8. The molecule has 0 saturated heterocycles. The Balaban J connectivity index is 2.50. The van der Waals surface area contributed by atoms with Gasteiger partial charge in [-0.1, -0.05) is 26.8 Å². The van der Waals surface area contributed by atoms with Crippen LogP contribution >= 0.6 is 11.3 Å². The van der Waals surface area contributed by atoms with Gasteiger partial charge in [0, 0.05) is 5.41 Å². The second-order valence-electron chi connectivity index (χ2n) is 6.45. The number of nitrogens with one attached hydrogen (secondary N) is 1. The van der Waals surface area contributed by atoms with Crippen LogP contribution in [0.2, 0.25) is 0 Å². The summed E-state index contributed by atoms with van der Waals surface area (Å²) >= 11 is 1.59. The fourth-order valence-corrected chi connectivity index (χ4v) is 4.55. The van der Waals surface area contributed by atoms with Crippen LogP contribution in [0.4, 0.5) is 4.79 Å². The number of benzene rings is 1. The van der Waals surface area contributed by atoms with Crippen molar-refractivity contribution in [2.75, 3.05) is 12.5 Å². The fourth-order valence-electron chi connectivity index (χ4n) is 2.50. The highest BCUT2D eigenvalue weighted by molar-refractivity contribution is 7.91.